The zero-order valence-corrected chi connectivity index (χ0v) is 35.0. The second-order valence-electron chi connectivity index (χ2n) is 15.9. The summed E-state index contributed by atoms with van der Waals surface area (Å²) in [5.74, 6) is 2.05. The monoisotopic (exact) mass is 922 g/mol. The largest absolute Gasteiger partial charge is 0.509 e. The predicted octanol–water partition coefficient (Wildman–Crippen LogP) is 12.8. The first-order valence-corrected chi connectivity index (χ1v) is 19.1. The molecule has 0 fully saturated rings. The van der Waals surface area contributed by atoms with Crippen molar-refractivity contribution >= 4 is 33.2 Å². The Hall–Kier alpha value is -5.90. The molecule has 9 rings (SSSR count). The van der Waals surface area contributed by atoms with E-state index in [-0.39, 0.29) is 31.9 Å². The molecule has 57 heavy (non-hydrogen) atoms. The van der Waals surface area contributed by atoms with E-state index in [9.17, 15) is 0 Å². The van der Waals surface area contributed by atoms with Gasteiger partial charge >= 0.3 is 0 Å². The molecule has 0 amide bonds. The third-order valence-electron chi connectivity index (χ3n) is 10.9. The molecule has 2 aromatic heterocycles. The molecule has 8 aromatic rings. The van der Waals surface area contributed by atoms with Crippen molar-refractivity contribution in [3.05, 3.63) is 200 Å². The maximum atomic E-state index is 6.68. The molecule has 1 aliphatic rings. The molecular weight excluding hydrogens is 880 g/mol. The van der Waals surface area contributed by atoms with Gasteiger partial charge in [-0.3, -0.25) is 0 Å². The average Bonchev–Trinajstić information content (AvgIpc) is 3.85. The van der Waals surface area contributed by atoms with Crippen LogP contribution in [0, 0.1) is 18.8 Å². The van der Waals surface area contributed by atoms with E-state index in [0.717, 1.165) is 50.1 Å². The molecule has 6 aromatic carbocycles. The second kappa shape index (κ2) is 15.2. The minimum Gasteiger partial charge on any atom is -0.509 e. The Bertz CT molecular complexity index is 2710. The number of ether oxygens (including phenoxy) is 1. The van der Waals surface area contributed by atoms with Gasteiger partial charge in [0.2, 0.25) is 0 Å². The van der Waals surface area contributed by atoms with Crippen molar-refractivity contribution in [2.45, 2.75) is 45.4 Å². The van der Waals surface area contributed by atoms with Crippen LogP contribution in [0.25, 0.3) is 38.8 Å². The van der Waals surface area contributed by atoms with E-state index in [1.54, 1.807) is 0 Å². The fourth-order valence-electron chi connectivity index (χ4n) is 7.54. The Kier molecular flexibility index (Phi) is 10.1. The van der Waals surface area contributed by atoms with Gasteiger partial charge in [-0.05, 0) is 75.8 Å². The second-order valence-corrected chi connectivity index (χ2v) is 15.9. The smallest absolute Gasteiger partial charge is 0.135 e. The molecule has 0 saturated carbocycles. The molecule has 5 nitrogen and oxygen atoms in total. The molecule has 0 saturated heterocycles. The zero-order valence-electron chi connectivity index (χ0n) is 32.7. The van der Waals surface area contributed by atoms with Crippen LogP contribution in [0.3, 0.4) is 0 Å². The Morgan fingerprint density at radius 3 is 2.02 bits per heavy atom. The Labute approximate surface area is 350 Å². The van der Waals surface area contributed by atoms with Crippen LogP contribution in [0.15, 0.2) is 164 Å². The Morgan fingerprint density at radius 1 is 0.579 bits per heavy atom. The summed E-state index contributed by atoms with van der Waals surface area (Å²) in [6, 6.07) is 58.1. The normalized spacial score (nSPS) is 13.0. The maximum absolute atomic E-state index is 6.68. The van der Waals surface area contributed by atoms with Gasteiger partial charge in [0.25, 0.3) is 0 Å². The SMILES string of the molecule is CC(C)(C)c1ccnc(-n2c3[c-]c(Oc4[c-]c(N5C=CN(c6ccc(C(C)(C)c7ccccc7)cc6)[CH-]5)cc(-c5ccccc5)c4)ccc3c3ccccc32)c1.[Pt]. The van der Waals surface area contributed by atoms with Gasteiger partial charge < -0.3 is 19.1 Å². The number of rotatable bonds is 8. The number of benzene rings is 6. The summed E-state index contributed by atoms with van der Waals surface area (Å²) in [5.41, 5.74) is 9.69. The van der Waals surface area contributed by atoms with E-state index in [2.05, 4.69) is 208 Å². The van der Waals surface area contributed by atoms with Gasteiger partial charge in [-0.25, -0.2) is 4.98 Å². The van der Waals surface area contributed by atoms with E-state index in [4.69, 9.17) is 9.72 Å². The molecule has 6 heteroatoms. The number of hydrogen-bond donors (Lipinski definition) is 0. The number of nitrogens with zero attached hydrogens (tertiary/aromatic N) is 4. The van der Waals surface area contributed by atoms with Crippen LogP contribution >= 0.6 is 0 Å². The van der Waals surface area contributed by atoms with Crippen LogP contribution in [0.4, 0.5) is 11.4 Å². The molecule has 0 bridgehead atoms. The van der Waals surface area contributed by atoms with Gasteiger partial charge in [0.05, 0.1) is 0 Å². The van der Waals surface area contributed by atoms with Crippen molar-refractivity contribution in [1.29, 1.82) is 0 Å². The summed E-state index contributed by atoms with van der Waals surface area (Å²) in [6.07, 6.45) is 6.03. The van der Waals surface area contributed by atoms with E-state index in [1.807, 2.05) is 24.4 Å². The number of hydrogen-bond acceptors (Lipinski definition) is 4. The molecular formula is C51H43N4OPt-3. The number of fused-ring (bicyclic) bond motifs is 3. The van der Waals surface area contributed by atoms with Crippen LogP contribution < -0.4 is 14.5 Å². The summed E-state index contributed by atoms with van der Waals surface area (Å²) < 4.78 is 8.87. The molecule has 3 heterocycles. The van der Waals surface area contributed by atoms with Crippen LogP contribution in [0.2, 0.25) is 0 Å². The first-order chi connectivity index (χ1) is 27.1. The predicted molar refractivity (Wildman–Crippen MR) is 230 cm³/mol. The molecule has 0 atom stereocenters. The molecule has 286 valence electrons. The van der Waals surface area contributed by atoms with Gasteiger partial charge in [-0.15, -0.1) is 53.6 Å². The van der Waals surface area contributed by atoms with E-state index < -0.39 is 0 Å². The van der Waals surface area contributed by atoms with Crippen LogP contribution in [0.5, 0.6) is 11.5 Å². The topological polar surface area (TPSA) is 33.5 Å². The van der Waals surface area contributed by atoms with Crippen molar-refractivity contribution in [3.63, 3.8) is 0 Å². The van der Waals surface area contributed by atoms with E-state index in [0.29, 0.717) is 11.5 Å². The minimum absolute atomic E-state index is 0. The van der Waals surface area contributed by atoms with E-state index >= 15 is 0 Å². The molecule has 0 radical (unpaired) electrons. The van der Waals surface area contributed by atoms with Gasteiger partial charge in [0.1, 0.15) is 5.82 Å². The van der Waals surface area contributed by atoms with E-state index in [1.165, 1.54) is 16.7 Å². The third-order valence-corrected chi connectivity index (χ3v) is 10.9. The van der Waals surface area contributed by atoms with Crippen molar-refractivity contribution in [2.24, 2.45) is 0 Å². The van der Waals surface area contributed by atoms with Crippen LogP contribution in [0.1, 0.15) is 51.3 Å². The third kappa shape index (κ3) is 7.41. The quantitative estimate of drug-likeness (QED) is 0.142. The van der Waals surface area contributed by atoms with Gasteiger partial charge in [0.15, 0.2) is 0 Å². The maximum Gasteiger partial charge on any atom is 0.135 e. The fourth-order valence-corrected chi connectivity index (χ4v) is 7.54. The van der Waals surface area contributed by atoms with Crippen molar-refractivity contribution in [1.82, 2.24) is 9.55 Å². The standard InChI is InChI=1S/C51H43N4O.Pt/c1-50(2,3)40-26-27-52-49(32-40)55-47-19-13-12-18-45(47)46-25-24-43(34-48(46)55)56-44-31-37(36-14-8-6-9-15-36)30-42(33-44)54-29-28-53(35-54)41-22-20-39(21-23-41)51(4,5)38-16-10-7-11-17-38;/h6-32,35H,1-5H3;/q-3;. The summed E-state index contributed by atoms with van der Waals surface area (Å²) in [4.78, 5) is 9.06. The summed E-state index contributed by atoms with van der Waals surface area (Å²) in [7, 11) is 0. The number of anilines is 2. The van der Waals surface area contributed by atoms with Gasteiger partial charge in [0, 0.05) is 55.4 Å². The molecule has 0 unspecified atom stereocenters. The first kappa shape index (κ1) is 38.0. The molecule has 0 spiro atoms. The number of para-hydroxylation sites is 1. The zero-order chi connectivity index (χ0) is 38.4. The fraction of sp³-hybridized carbons (Fsp3) is 0.137. The van der Waals surface area contributed by atoms with Crippen LogP contribution in [-0.4, -0.2) is 9.55 Å². The van der Waals surface area contributed by atoms with Crippen LogP contribution in [-0.2, 0) is 31.9 Å². The van der Waals surface area contributed by atoms with Crippen molar-refractivity contribution < 1.29 is 25.8 Å². The first-order valence-electron chi connectivity index (χ1n) is 19.1. The average molecular weight is 923 g/mol. The van der Waals surface area contributed by atoms with Crippen molar-refractivity contribution in [3.8, 4) is 28.4 Å². The summed E-state index contributed by atoms with van der Waals surface area (Å²) >= 11 is 0. The Morgan fingerprint density at radius 2 is 1.26 bits per heavy atom. The molecule has 1 aliphatic heterocycles. The number of pyridine rings is 1. The number of aromatic nitrogens is 2. The molecule has 0 aliphatic carbocycles. The van der Waals surface area contributed by atoms with Crippen molar-refractivity contribution in [2.75, 3.05) is 9.80 Å². The molecule has 0 N–H and O–H groups in total. The van der Waals surface area contributed by atoms with Gasteiger partial charge in [-0.1, -0.05) is 131 Å². The Balaban J connectivity index is 0.00000455. The summed E-state index contributed by atoms with van der Waals surface area (Å²) in [6.45, 7) is 13.3. The summed E-state index contributed by atoms with van der Waals surface area (Å²) in [5, 5.41) is 2.23. The minimum atomic E-state index is -0.105. The van der Waals surface area contributed by atoms with Gasteiger partial charge in [-0.2, -0.15) is 6.07 Å².